The molecule has 0 saturated carbocycles. The van der Waals surface area contributed by atoms with Crippen molar-refractivity contribution in [3.8, 4) is 0 Å². The third-order valence-electron chi connectivity index (χ3n) is 1.65. The summed E-state index contributed by atoms with van der Waals surface area (Å²) in [6.45, 7) is 0. The van der Waals surface area contributed by atoms with Gasteiger partial charge in [0.25, 0.3) is 0 Å². The van der Waals surface area contributed by atoms with Gasteiger partial charge in [-0.05, 0) is 24.0 Å². The number of aliphatic hydroxyl groups excluding tert-OH is 1. The number of aliphatic hydroxyl groups is 1. The van der Waals surface area contributed by atoms with E-state index < -0.39 is 6.10 Å². The van der Waals surface area contributed by atoms with Crippen molar-refractivity contribution in [2.45, 2.75) is 11.0 Å². The standard InChI is InChI=1S/C9H11ClOS/c1-12-8-4-2-7(3-5-8)9(11)6-10/h2-5,9,11H,6H2,1H3/t9-/m1/s1. The van der Waals surface area contributed by atoms with Crippen molar-refractivity contribution in [3.63, 3.8) is 0 Å². The first kappa shape index (κ1) is 9.90. The van der Waals surface area contributed by atoms with Crippen LogP contribution >= 0.6 is 23.4 Å². The molecular formula is C9H11ClOS. The SMILES string of the molecule is CSc1ccc([C@H](O)CCl)cc1. The van der Waals surface area contributed by atoms with Gasteiger partial charge in [-0.15, -0.1) is 23.4 Å². The van der Waals surface area contributed by atoms with Crippen LogP contribution in [0.2, 0.25) is 0 Å². The van der Waals surface area contributed by atoms with Crippen molar-refractivity contribution < 1.29 is 5.11 Å². The Morgan fingerprint density at radius 2 is 2.00 bits per heavy atom. The van der Waals surface area contributed by atoms with Gasteiger partial charge in [-0.1, -0.05) is 12.1 Å². The van der Waals surface area contributed by atoms with E-state index in [1.165, 1.54) is 4.90 Å². The predicted molar refractivity (Wildman–Crippen MR) is 53.9 cm³/mol. The number of thioether (sulfide) groups is 1. The van der Waals surface area contributed by atoms with Crippen LogP contribution in [0.15, 0.2) is 29.2 Å². The Hall–Kier alpha value is -0.180. The first-order valence-electron chi connectivity index (χ1n) is 3.66. The summed E-state index contributed by atoms with van der Waals surface area (Å²) < 4.78 is 0. The second kappa shape index (κ2) is 4.75. The highest BCUT2D eigenvalue weighted by atomic mass is 35.5. The molecule has 0 fully saturated rings. The van der Waals surface area contributed by atoms with E-state index in [4.69, 9.17) is 11.6 Å². The normalized spacial score (nSPS) is 12.9. The molecule has 1 aromatic carbocycles. The molecule has 0 unspecified atom stereocenters. The van der Waals surface area contributed by atoms with E-state index in [0.717, 1.165) is 5.56 Å². The average molecular weight is 203 g/mol. The Balaban J connectivity index is 2.77. The van der Waals surface area contributed by atoms with Gasteiger partial charge in [0.05, 0.1) is 12.0 Å². The third-order valence-corrected chi connectivity index (χ3v) is 2.68. The minimum atomic E-state index is -0.539. The Morgan fingerprint density at radius 3 is 2.42 bits per heavy atom. The molecule has 0 aliphatic heterocycles. The van der Waals surface area contributed by atoms with Crippen molar-refractivity contribution >= 4 is 23.4 Å². The van der Waals surface area contributed by atoms with Crippen LogP contribution in [-0.4, -0.2) is 17.2 Å². The predicted octanol–water partition coefficient (Wildman–Crippen LogP) is 2.68. The summed E-state index contributed by atoms with van der Waals surface area (Å²) in [7, 11) is 0. The minimum Gasteiger partial charge on any atom is -0.387 e. The van der Waals surface area contributed by atoms with E-state index in [9.17, 15) is 5.11 Å². The number of rotatable bonds is 3. The Morgan fingerprint density at radius 1 is 1.42 bits per heavy atom. The molecule has 0 spiro atoms. The molecule has 0 aromatic heterocycles. The first-order valence-corrected chi connectivity index (χ1v) is 5.42. The molecule has 1 nitrogen and oxygen atoms in total. The summed E-state index contributed by atoms with van der Waals surface area (Å²) in [6, 6.07) is 7.77. The number of halogens is 1. The molecular weight excluding hydrogens is 192 g/mol. The van der Waals surface area contributed by atoms with Crippen LogP contribution in [0.1, 0.15) is 11.7 Å². The zero-order valence-corrected chi connectivity index (χ0v) is 8.40. The average Bonchev–Trinajstić information content (AvgIpc) is 2.17. The maximum atomic E-state index is 9.35. The van der Waals surface area contributed by atoms with E-state index in [-0.39, 0.29) is 5.88 Å². The van der Waals surface area contributed by atoms with E-state index in [1.54, 1.807) is 11.8 Å². The summed E-state index contributed by atoms with van der Waals surface area (Å²) in [5, 5.41) is 9.35. The van der Waals surface area contributed by atoms with Gasteiger partial charge in [-0.25, -0.2) is 0 Å². The molecule has 0 aliphatic rings. The van der Waals surface area contributed by atoms with Crippen LogP contribution in [0, 0.1) is 0 Å². The molecule has 0 amide bonds. The van der Waals surface area contributed by atoms with Gasteiger partial charge in [-0.2, -0.15) is 0 Å². The third kappa shape index (κ3) is 2.41. The van der Waals surface area contributed by atoms with Crippen LogP contribution < -0.4 is 0 Å². The second-order valence-electron chi connectivity index (χ2n) is 2.44. The van der Waals surface area contributed by atoms with E-state index in [0.29, 0.717) is 0 Å². The lowest BCUT2D eigenvalue weighted by molar-refractivity contribution is 0.202. The van der Waals surface area contributed by atoms with E-state index in [2.05, 4.69) is 0 Å². The Labute approximate surface area is 81.7 Å². The van der Waals surface area contributed by atoms with Gasteiger partial charge in [0.1, 0.15) is 0 Å². The van der Waals surface area contributed by atoms with E-state index in [1.807, 2.05) is 30.5 Å². The Kier molecular flexibility index (Phi) is 3.92. The summed E-state index contributed by atoms with van der Waals surface area (Å²) in [5.41, 5.74) is 0.878. The fourth-order valence-electron chi connectivity index (χ4n) is 0.915. The molecule has 1 rings (SSSR count). The van der Waals surface area contributed by atoms with Crippen molar-refractivity contribution in [1.82, 2.24) is 0 Å². The molecule has 12 heavy (non-hydrogen) atoms. The molecule has 66 valence electrons. The molecule has 0 bridgehead atoms. The van der Waals surface area contributed by atoms with Crippen molar-refractivity contribution in [3.05, 3.63) is 29.8 Å². The summed E-state index contributed by atoms with van der Waals surface area (Å²) in [5.74, 6) is 0.249. The lowest BCUT2D eigenvalue weighted by Gasteiger charge is -2.06. The molecule has 3 heteroatoms. The molecule has 0 aliphatic carbocycles. The highest BCUT2D eigenvalue weighted by Gasteiger charge is 2.04. The monoisotopic (exact) mass is 202 g/mol. The highest BCUT2D eigenvalue weighted by Crippen LogP contribution is 2.19. The van der Waals surface area contributed by atoms with Crippen molar-refractivity contribution in [2.24, 2.45) is 0 Å². The molecule has 1 N–H and O–H groups in total. The van der Waals surface area contributed by atoms with Crippen LogP contribution in [0.3, 0.4) is 0 Å². The topological polar surface area (TPSA) is 20.2 Å². The molecule has 0 heterocycles. The van der Waals surface area contributed by atoms with Crippen LogP contribution in [0.4, 0.5) is 0 Å². The summed E-state index contributed by atoms with van der Waals surface area (Å²) in [6.07, 6.45) is 1.48. The van der Waals surface area contributed by atoms with Gasteiger partial charge in [0.15, 0.2) is 0 Å². The van der Waals surface area contributed by atoms with Gasteiger partial charge in [-0.3, -0.25) is 0 Å². The van der Waals surface area contributed by atoms with Crippen LogP contribution in [0.25, 0.3) is 0 Å². The van der Waals surface area contributed by atoms with Gasteiger partial charge < -0.3 is 5.11 Å². The molecule has 1 atom stereocenters. The van der Waals surface area contributed by atoms with E-state index >= 15 is 0 Å². The molecule has 1 aromatic rings. The zero-order valence-electron chi connectivity index (χ0n) is 6.83. The largest absolute Gasteiger partial charge is 0.387 e. The quantitative estimate of drug-likeness (QED) is 0.601. The number of hydrogen-bond acceptors (Lipinski definition) is 2. The van der Waals surface area contributed by atoms with Crippen molar-refractivity contribution in [1.29, 1.82) is 0 Å². The fourth-order valence-corrected chi connectivity index (χ4v) is 1.50. The number of benzene rings is 1. The zero-order chi connectivity index (χ0) is 8.97. The maximum Gasteiger partial charge on any atom is 0.0925 e. The summed E-state index contributed by atoms with van der Waals surface area (Å²) >= 11 is 7.19. The highest BCUT2D eigenvalue weighted by molar-refractivity contribution is 7.98. The van der Waals surface area contributed by atoms with Gasteiger partial charge in [0, 0.05) is 4.90 Å². The fraction of sp³-hybridized carbons (Fsp3) is 0.333. The first-order chi connectivity index (χ1) is 5.77. The number of hydrogen-bond donors (Lipinski definition) is 1. The lowest BCUT2D eigenvalue weighted by Crippen LogP contribution is -1.97. The number of alkyl halides is 1. The minimum absolute atomic E-state index is 0.249. The van der Waals surface area contributed by atoms with Gasteiger partial charge in [0.2, 0.25) is 0 Å². The smallest absolute Gasteiger partial charge is 0.0925 e. The second-order valence-corrected chi connectivity index (χ2v) is 3.63. The molecule has 0 saturated heterocycles. The maximum absolute atomic E-state index is 9.35. The molecule has 0 radical (unpaired) electrons. The van der Waals surface area contributed by atoms with Gasteiger partial charge >= 0.3 is 0 Å². The van der Waals surface area contributed by atoms with Crippen LogP contribution in [0.5, 0.6) is 0 Å². The van der Waals surface area contributed by atoms with Crippen molar-refractivity contribution in [2.75, 3.05) is 12.1 Å². The Bertz CT molecular complexity index is 235. The lowest BCUT2D eigenvalue weighted by atomic mass is 10.1. The van der Waals surface area contributed by atoms with Crippen LogP contribution in [-0.2, 0) is 0 Å². The summed E-state index contributed by atoms with van der Waals surface area (Å²) in [4.78, 5) is 1.19.